The third-order valence-electron chi connectivity index (χ3n) is 6.61. The fourth-order valence-electron chi connectivity index (χ4n) is 4.71. The summed E-state index contributed by atoms with van der Waals surface area (Å²) in [4.78, 5) is 29.9. The number of piperidine rings is 1. The Morgan fingerprint density at radius 1 is 0.897 bits per heavy atom. The van der Waals surface area contributed by atoms with Crippen molar-refractivity contribution in [2.75, 3.05) is 19.6 Å². The van der Waals surface area contributed by atoms with Gasteiger partial charge in [0, 0.05) is 26.2 Å². The molecule has 0 aromatic heterocycles. The highest BCUT2D eigenvalue weighted by atomic mass is 16.2. The maximum absolute atomic E-state index is 13.2. The Labute approximate surface area is 173 Å². The van der Waals surface area contributed by atoms with Crippen molar-refractivity contribution < 1.29 is 9.59 Å². The minimum absolute atomic E-state index is 0.172. The molecule has 4 nitrogen and oxygen atoms in total. The highest BCUT2D eigenvalue weighted by molar-refractivity contribution is 5.85. The largest absolute Gasteiger partial charge is 0.342 e. The van der Waals surface area contributed by atoms with E-state index in [-0.39, 0.29) is 17.2 Å². The van der Waals surface area contributed by atoms with E-state index < -0.39 is 0 Å². The van der Waals surface area contributed by atoms with Crippen LogP contribution in [-0.4, -0.2) is 41.2 Å². The van der Waals surface area contributed by atoms with E-state index in [2.05, 4.69) is 38.1 Å². The molecule has 0 atom stereocenters. The zero-order valence-electron chi connectivity index (χ0n) is 17.5. The van der Waals surface area contributed by atoms with Gasteiger partial charge in [-0.1, -0.05) is 59.7 Å². The van der Waals surface area contributed by atoms with Crippen LogP contribution in [0, 0.1) is 19.3 Å². The molecule has 0 N–H and O–H groups in total. The van der Waals surface area contributed by atoms with E-state index in [9.17, 15) is 9.59 Å². The highest BCUT2D eigenvalue weighted by Gasteiger charge is 2.48. The molecule has 29 heavy (non-hydrogen) atoms. The van der Waals surface area contributed by atoms with Gasteiger partial charge < -0.3 is 9.80 Å². The maximum Gasteiger partial charge on any atom is 0.229 e. The average Bonchev–Trinajstić information content (AvgIpc) is 3.00. The van der Waals surface area contributed by atoms with Crippen LogP contribution in [0.2, 0.25) is 0 Å². The molecule has 2 aliphatic heterocycles. The topological polar surface area (TPSA) is 40.6 Å². The molecule has 2 aromatic rings. The Bertz CT molecular complexity index is 895. The Balaban J connectivity index is 1.34. The number of hydrogen-bond donors (Lipinski definition) is 0. The maximum atomic E-state index is 13.2. The molecule has 0 bridgehead atoms. The number of amides is 2. The van der Waals surface area contributed by atoms with E-state index in [1.165, 1.54) is 16.7 Å². The predicted octanol–water partition coefficient (Wildman–Crippen LogP) is 3.89. The van der Waals surface area contributed by atoms with E-state index in [0.29, 0.717) is 26.1 Å². The molecule has 0 aliphatic carbocycles. The number of hydrogen-bond acceptors (Lipinski definition) is 2. The summed E-state index contributed by atoms with van der Waals surface area (Å²) in [5.74, 6) is 0.454. The van der Waals surface area contributed by atoms with E-state index in [0.717, 1.165) is 31.4 Å². The van der Waals surface area contributed by atoms with Crippen molar-refractivity contribution in [3.63, 3.8) is 0 Å². The first kappa shape index (κ1) is 19.7. The zero-order valence-corrected chi connectivity index (χ0v) is 17.5. The van der Waals surface area contributed by atoms with Gasteiger partial charge in [-0.2, -0.15) is 0 Å². The molecular formula is C25H30N2O2. The molecule has 2 amide bonds. The van der Waals surface area contributed by atoms with E-state index in [1.54, 1.807) is 0 Å². The van der Waals surface area contributed by atoms with Crippen LogP contribution in [-0.2, 0) is 22.6 Å². The normalized spacial score (nSPS) is 18.5. The number of rotatable bonds is 4. The first-order valence-corrected chi connectivity index (χ1v) is 10.6. The molecule has 152 valence electrons. The third kappa shape index (κ3) is 4.21. The average molecular weight is 391 g/mol. The first-order valence-electron chi connectivity index (χ1n) is 10.6. The minimum atomic E-state index is -0.259. The van der Waals surface area contributed by atoms with Crippen LogP contribution >= 0.6 is 0 Å². The standard InChI is InChI=1S/C25H30N2O2/c1-19-6-8-21(9-7-19)17-23(28)26-13-10-25(11-14-26)12-15-27(24(25)29)18-22-5-3-4-20(2)16-22/h3-9,16H,10-15,17-18H2,1-2H3. The van der Waals surface area contributed by atoms with Crippen LogP contribution in [0.4, 0.5) is 0 Å². The number of aryl methyl sites for hydroxylation is 2. The molecule has 4 rings (SSSR count). The molecule has 2 heterocycles. The second-order valence-corrected chi connectivity index (χ2v) is 8.79. The van der Waals surface area contributed by atoms with Gasteiger partial charge in [-0.05, 0) is 44.2 Å². The SMILES string of the molecule is Cc1ccc(CC(=O)N2CCC3(CC2)CCN(Cc2cccc(C)c2)C3=O)cc1. The smallest absolute Gasteiger partial charge is 0.229 e. The van der Waals surface area contributed by atoms with Crippen molar-refractivity contribution in [3.05, 3.63) is 70.8 Å². The summed E-state index contributed by atoms with van der Waals surface area (Å²) in [7, 11) is 0. The van der Waals surface area contributed by atoms with Gasteiger partial charge in [0.25, 0.3) is 0 Å². The Kier molecular flexibility index (Phi) is 5.44. The molecular weight excluding hydrogens is 360 g/mol. The van der Waals surface area contributed by atoms with Crippen LogP contribution in [0.15, 0.2) is 48.5 Å². The Morgan fingerprint density at radius 3 is 2.28 bits per heavy atom. The van der Waals surface area contributed by atoms with Gasteiger partial charge in [-0.25, -0.2) is 0 Å². The number of carbonyl (C=O) groups is 2. The summed E-state index contributed by atoms with van der Waals surface area (Å²) < 4.78 is 0. The lowest BCUT2D eigenvalue weighted by molar-refractivity contribution is -0.142. The Morgan fingerprint density at radius 2 is 1.59 bits per heavy atom. The van der Waals surface area contributed by atoms with Gasteiger partial charge in [0.1, 0.15) is 0 Å². The number of benzene rings is 2. The second-order valence-electron chi connectivity index (χ2n) is 8.79. The van der Waals surface area contributed by atoms with Crippen molar-refractivity contribution in [2.24, 2.45) is 5.41 Å². The molecule has 2 fully saturated rings. The quantitative estimate of drug-likeness (QED) is 0.795. The molecule has 2 aromatic carbocycles. The van der Waals surface area contributed by atoms with Crippen molar-refractivity contribution >= 4 is 11.8 Å². The fraction of sp³-hybridized carbons (Fsp3) is 0.440. The molecule has 1 spiro atoms. The van der Waals surface area contributed by atoms with Crippen LogP contribution in [0.5, 0.6) is 0 Å². The van der Waals surface area contributed by atoms with E-state index >= 15 is 0 Å². The Hall–Kier alpha value is -2.62. The van der Waals surface area contributed by atoms with Gasteiger partial charge in [0.05, 0.1) is 11.8 Å². The molecule has 2 saturated heterocycles. The lowest BCUT2D eigenvalue weighted by Crippen LogP contribution is -2.47. The van der Waals surface area contributed by atoms with Crippen molar-refractivity contribution in [1.29, 1.82) is 0 Å². The summed E-state index contributed by atoms with van der Waals surface area (Å²) in [6.07, 6.45) is 2.93. The van der Waals surface area contributed by atoms with Crippen molar-refractivity contribution in [2.45, 2.75) is 46.1 Å². The summed E-state index contributed by atoms with van der Waals surface area (Å²) in [6, 6.07) is 16.5. The van der Waals surface area contributed by atoms with Crippen LogP contribution < -0.4 is 0 Å². The van der Waals surface area contributed by atoms with Gasteiger partial charge in [0.2, 0.25) is 11.8 Å². The van der Waals surface area contributed by atoms with Gasteiger partial charge in [-0.3, -0.25) is 9.59 Å². The molecule has 0 radical (unpaired) electrons. The zero-order chi connectivity index (χ0) is 20.4. The summed E-state index contributed by atoms with van der Waals surface area (Å²) in [6.45, 7) is 7.03. The van der Waals surface area contributed by atoms with Gasteiger partial charge in [-0.15, -0.1) is 0 Å². The molecule has 4 heteroatoms. The summed E-state index contributed by atoms with van der Waals surface area (Å²) in [5.41, 5.74) is 4.42. The van der Waals surface area contributed by atoms with E-state index in [4.69, 9.17) is 0 Å². The van der Waals surface area contributed by atoms with Crippen LogP contribution in [0.25, 0.3) is 0 Å². The number of nitrogens with zero attached hydrogens (tertiary/aromatic N) is 2. The monoisotopic (exact) mass is 390 g/mol. The second kappa shape index (κ2) is 8.02. The third-order valence-corrected chi connectivity index (χ3v) is 6.61. The summed E-state index contributed by atoms with van der Waals surface area (Å²) in [5, 5.41) is 0. The first-order chi connectivity index (χ1) is 13.9. The van der Waals surface area contributed by atoms with E-state index in [1.807, 2.05) is 34.1 Å². The van der Waals surface area contributed by atoms with Crippen LogP contribution in [0.3, 0.4) is 0 Å². The highest BCUT2D eigenvalue weighted by Crippen LogP contribution is 2.42. The van der Waals surface area contributed by atoms with Gasteiger partial charge >= 0.3 is 0 Å². The lowest BCUT2D eigenvalue weighted by atomic mass is 9.77. The fourth-order valence-corrected chi connectivity index (χ4v) is 4.71. The number of carbonyl (C=O) groups excluding carboxylic acids is 2. The summed E-state index contributed by atoms with van der Waals surface area (Å²) >= 11 is 0. The number of likely N-dealkylation sites (tertiary alicyclic amines) is 2. The molecule has 0 saturated carbocycles. The predicted molar refractivity (Wildman–Crippen MR) is 114 cm³/mol. The molecule has 0 unspecified atom stereocenters. The molecule has 2 aliphatic rings. The lowest BCUT2D eigenvalue weighted by Gasteiger charge is -2.38. The van der Waals surface area contributed by atoms with Crippen LogP contribution in [0.1, 0.15) is 41.5 Å². The van der Waals surface area contributed by atoms with Crippen molar-refractivity contribution in [3.8, 4) is 0 Å². The van der Waals surface area contributed by atoms with Gasteiger partial charge in [0.15, 0.2) is 0 Å². The van der Waals surface area contributed by atoms with Crippen molar-refractivity contribution in [1.82, 2.24) is 9.80 Å². The minimum Gasteiger partial charge on any atom is -0.342 e.